The van der Waals surface area contributed by atoms with E-state index >= 15 is 0 Å². The Hall–Kier alpha value is -3.51. The van der Waals surface area contributed by atoms with Crippen molar-refractivity contribution in [1.29, 1.82) is 0 Å². The second-order valence-corrected chi connectivity index (χ2v) is 7.37. The Labute approximate surface area is 178 Å². The van der Waals surface area contributed by atoms with Gasteiger partial charge in [0.1, 0.15) is 17.0 Å². The normalized spacial score (nSPS) is 10.9. The number of oxazole rings is 1. The summed E-state index contributed by atoms with van der Waals surface area (Å²) in [5, 5.41) is 13.5. The molecule has 4 aromatic rings. The monoisotopic (exact) mass is 422 g/mol. The van der Waals surface area contributed by atoms with E-state index in [9.17, 15) is 9.90 Å². The first-order chi connectivity index (χ1) is 14.4. The van der Waals surface area contributed by atoms with Gasteiger partial charge in [-0.25, -0.2) is 4.98 Å². The summed E-state index contributed by atoms with van der Waals surface area (Å²) < 4.78 is 10.9. The van der Waals surface area contributed by atoms with E-state index in [1.165, 1.54) is 19.2 Å². The average molecular weight is 423 g/mol. The summed E-state index contributed by atoms with van der Waals surface area (Å²) in [6, 6.07) is 13.3. The maximum absolute atomic E-state index is 12.6. The van der Waals surface area contributed by atoms with Gasteiger partial charge >= 0.3 is 0 Å². The summed E-state index contributed by atoms with van der Waals surface area (Å²) in [5.41, 5.74) is 4.77. The molecule has 0 unspecified atom stereocenters. The quantitative estimate of drug-likeness (QED) is 0.410. The number of rotatable bonds is 4. The predicted octanol–water partition coefficient (Wildman–Crippen LogP) is 5.73. The second kappa shape index (κ2) is 7.72. The van der Waals surface area contributed by atoms with Crippen LogP contribution >= 0.6 is 11.6 Å². The molecule has 152 valence electrons. The molecule has 0 fully saturated rings. The average Bonchev–Trinajstić information content (AvgIpc) is 3.12. The van der Waals surface area contributed by atoms with Crippen LogP contribution in [0.5, 0.6) is 11.5 Å². The number of amides is 1. The molecule has 0 aliphatic rings. The van der Waals surface area contributed by atoms with Crippen LogP contribution in [0.25, 0.3) is 22.6 Å². The number of aromatic nitrogens is 1. The van der Waals surface area contributed by atoms with Crippen LogP contribution in [0.15, 0.2) is 52.9 Å². The number of methoxy groups -OCH3 is 1. The highest BCUT2D eigenvalue weighted by atomic mass is 35.5. The van der Waals surface area contributed by atoms with Crippen molar-refractivity contribution in [3.8, 4) is 23.0 Å². The SMILES string of the molecule is COc1ccc(C(=O)Nc2ccc(O)c(-c3nc4cc(C)c(C)cc4o3)c2)cc1Cl. The number of benzene rings is 3. The lowest BCUT2D eigenvalue weighted by Crippen LogP contribution is -2.12. The van der Waals surface area contributed by atoms with Gasteiger partial charge in [0.2, 0.25) is 5.89 Å². The third kappa shape index (κ3) is 3.69. The fraction of sp³-hybridized carbons (Fsp3) is 0.130. The van der Waals surface area contributed by atoms with E-state index in [2.05, 4.69) is 10.3 Å². The summed E-state index contributed by atoms with van der Waals surface area (Å²) in [6.07, 6.45) is 0. The standard InChI is InChI=1S/C23H19ClN2O4/c1-12-8-18-21(9-13(12)2)30-23(26-18)16-11-15(5-6-19(16)27)25-22(28)14-4-7-20(29-3)17(24)10-14/h4-11,27H,1-3H3,(H,25,28). The Morgan fingerprint density at radius 2 is 1.87 bits per heavy atom. The van der Waals surface area contributed by atoms with E-state index < -0.39 is 0 Å². The number of ether oxygens (including phenoxy) is 1. The van der Waals surface area contributed by atoms with Crippen molar-refractivity contribution in [3.63, 3.8) is 0 Å². The smallest absolute Gasteiger partial charge is 0.255 e. The summed E-state index contributed by atoms with van der Waals surface area (Å²) in [7, 11) is 1.51. The van der Waals surface area contributed by atoms with Crippen LogP contribution < -0.4 is 10.1 Å². The maximum Gasteiger partial charge on any atom is 0.255 e. The highest BCUT2D eigenvalue weighted by molar-refractivity contribution is 6.32. The van der Waals surface area contributed by atoms with Gasteiger partial charge < -0.3 is 19.6 Å². The van der Waals surface area contributed by atoms with Gasteiger partial charge in [-0.3, -0.25) is 4.79 Å². The predicted molar refractivity (Wildman–Crippen MR) is 117 cm³/mol. The molecule has 0 spiro atoms. The molecule has 0 saturated carbocycles. The Balaban J connectivity index is 1.65. The Morgan fingerprint density at radius 3 is 2.60 bits per heavy atom. The fourth-order valence-corrected chi connectivity index (χ4v) is 3.35. The van der Waals surface area contributed by atoms with Gasteiger partial charge in [-0.2, -0.15) is 0 Å². The van der Waals surface area contributed by atoms with E-state index in [-0.39, 0.29) is 17.5 Å². The third-order valence-electron chi connectivity index (χ3n) is 4.90. The van der Waals surface area contributed by atoms with Crippen molar-refractivity contribution >= 4 is 34.3 Å². The number of aromatic hydroxyl groups is 1. The Kier molecular flexibility index (Phi) is 5.10. The number of phenols is 1. The lowest BCUT2D eigenvalue weighted by molar-refractivity contribution is 0.102. The minimum Gasteiger partial charge on any atom is -0.507 e. The first-order valence-corrected chi connectivity index (χ1v) is 9.59. The first kappa shape index (κ1) is 19.8. The third-order valence-corrected chi connectivity index (χ3v) is 5.20. The number of hydrogen-bond acceptors (Lipinski definition) is 5. The summed E-state index contributed by atoms with van der Waals surface area (Å²) in [5.74, 6) is 0.415. The maximum atomic E-state index is 12.6. The Morgan fingerprint density at radius 1 is 1.10 bits per heavy atom. The van der Waals surface area contributed by atoms with Crippen LogP contribution in [0, 0.1) is 13.8 Å². The molecule has 1 heterocycles. The van der Waals surface area contributed by atoms with Gasteiger partial charge in [-0.05, 0) is 73.5 Å². The van der Waals surface area contributed by atoms with E-state index in [1.807, 2.05) is 26.0 Å². The zero-order valence-corrected chi connectivity index (χ0v) is 17.4. The van der Waals surface area contributed by atoms with Crippen molar-refractivity contribution in [1.82, 2.24) is 4.98 Å². The zero-order valence-electron chi connectivity index (χ0n) is 16.6. The number of hydrogen-bond donors (Lipinski definition) is 2. The number of nitrogens with zero attached hydrogens (tertiary/aromatic N) is 1. The van der Waals surface area contributed by atoms with Gasteiger partial charge in [-0.15, -0.1) is 0 Å². The molecular weight excluding hydrogens is 404 g/mol. The molecule has 2 N–H and O–H groups in total. The fourth-order valence-electron chi connectivity index (χ4n) is 3.09. The molecule has 0 saturated heterocycles. The van der Waals surface area contributed by atoms with Crippen molar-refractivity contribution in [3.05, 3.63) is 70.2 Å². The van der Waals surface area contributed by atoms with Crippen LogP contribution in [-0.2, 0) is 0 Å². The number of phenolic OH excluding ortho intramolecular Hbond substituents is 1. The van der Waals surface area contributed by atoms with E-state index in [4.69, 9.17) is 20.8 Å². The minimum absolute atomic E-state index is 0.000455. The van der Waals surface area contributed by atoms with Gasteiger partial charge in [-0.1, -0.05) is 11.6 Å². The van der Waals surface area contributed by atoms with Crippen LogP contribution in [-0.4, -0.2) is 23.1 Å². The number of fused-ring (bicyclic) bond motifs is 1. The molecular formula is C23H19ClN2O4. The van der Waals surface area contributed by atoms with Crippen LogP contribution in [0.1, 0.15) is 21.5 Å². The van der Waals surface area contributed by atoms with Crippen LogP contribution in [0.2, 0.25) is 5.02 Å². The minimum atomic E-state index is -0.347. The number of carbonyl (C=O) groups excluding carboxylic acids is 1. The van der Waals surface area contributed by atoms with Gasteiger partial charge in [0.05, 0.1) is 17.7 Å². The molecule has 6 nitrogen and oxygen atoms in total. The van der Waals surface area contributed by atoms with Crippen LogP contribution in [0.3, 0.4) is 0 Å². The summed E-state index contributed by atoms with van der Waals surface area (Å²) in [6.45, 7) is 4.00. The summed E-state index contributed by atoms with van der Waals surface area (Å²) >= 11 is 6.10. The molecule has 3 aromatic carbocycles. The van der Waals surface area contributed by atoms with E-state index in [0.29, 0.717) is 38.7 Å². The lowest BCUT2D eigenvalue weighted by atomic mass is 10.1. The Bertz CT molecular complexity index is 1240. The largest absolute Gasteiger partial charge is 0.507 e. The van der Waals surface area contributed by atoms with Crippen LogP contribution in [0.4, 0.5) is 5.69 Å². The summed E-state index contributed by atoms with van der Waals surface area (Å²) in [4.78, 5) is 17.1. The second-order valence-electron chi connectivity index (χ2n) is 6.96. The highest BCUT2D eigenvalue weighted by Gasteiger charge is 2.16. The molecule has 30 heavy (non-hydrogen) atoms. The van der Waals surface area contributed by atoms with E-state index in [1.54, 1.807) is 24.3 Å². The van der Waals surface area contributed by atoms with Crippen molar-refractivity contribution in [2.24, 2.45) is 0 Å². The molecule has 4 rings (SSSR count). The number of anilines is 1. The molecule has 0 bridgehead atoms. The number of nitrogens with one attached hydrogen (secondary N) is 1. The molecule has 0 atom stereocenters. The zero-order chi connectivity index (χ0) is 21.4. The van der Waals surface area contributed by atoms with Gasteiger partial charge in [0.25, 0.3) is 5.91 Å². The highest BCUT2D eigenvalue weighted by Crippen LogP contribution is 2.34. The van der Waals surface area contributed by atoms with Gasteiger partial charge in [0, 0.05) is 11.3 Å². The van der Waals surface area contributed by atoms with E-state index in [0.717, 1.165) is 11.1 Å². The lowest BCUT2D eigenvalue weighted by Gasteiger charge is -2.09. The molecule has 1 amide bonds. The van der Waals surface area contributed by atoms with Crippen molar-refractivity contribution in [2.75, 3.05) is 12.4 Å². The molecule has 7 heteroatoms. The molecule has 1 aromatic heterocycles. The molecule has 0 aliphatic heterocycles. The number of aryl methyl sites for hydroxylation is 2. The molecule has 0 radical (unpaired) electrons. The van der Waals surface area contributed by atoms with Crippen molar-refractivity contribution in [2.45, 2.75) is 13.8 Å². The van der Waals surface area contributed by atoms with Crippen molar-refractivity contribution < 1.29 is 19.1 Å². The number of halogens is 1. The number of carbonyl (C=O) groups is 1. The molecule has 0 aliphatic carbocycles. The van der Waals surface area contributed by atoms with Gasteiger partial charge in [0.15, 0.2) is 5.58 Å². The first-order valence-electron chi connectivity index (χ1n) is 9.22. The topological polar surface area (TPSA) is 84.6 Å².